The van der Waals surface area contributed by atoms with Gasteiger partial charge in [0.25, 0.3) is 0 Å². The summed E-state index contributed by atoms with van der Waals surface area (Å²) >= 11 is 0. The minimum Gasteiger partial charge on any atom is -0.212 e. The quantitative estimate of drug-likeness (QED) is 0.505. The van der Waals surface area contributed by atoms with Crippen LogP contribution < -0.4 is 0 Å². The molecule has 2 rings (SSSR count). The lowest BCUT2D eigenvalue weighted by atomic mass is 9.63. The standard InChI is InChI=1S/C20H26F2.C2H6/c1-4-6-15(5-2)20(3,16-7-11-18(21)12-8-16)17-9-13-19(22)14-10-17;1-2/h7-9,11-13,15H,4-6,10,14H2,1-3H3;1-2H3. The predicted molar refractivity (Wildman–Crippen MR) is 100 cm³/mol. The second kappa shape index (κ2) is 9.76. The van der Waals surface area contributed by atoms with Crippen molar-refractivity contribution < 1.29 is 8.78 Å². The Balaban J connectivity index is 0.00000139. The predicted octanol–water partition coefficient (Wildman–Crippen LogP) is 7.51. The Morgan fingerprint density at radius 3 is 2.08 bits per heavy atom. The lowest BCUT2D eigenvalue weighted by molar-refractivity contribution is 0.297. The first-order valence-corrected chi connectivity index (χ1v) is 9.34. The molecule has 0 heterocycles. The van der Waals surface area contributed by atoms with Crippen LogP contribution in [-0.4, -0.2) is 0 Å². The number of hydrogen-bond donors (Lipinski definition) is 0. The zero-order chi connectivity index (χ0) is 18.2. The SMILES string of the molecule is CC.CCCC(CC)C(C)(C1=CC=C(F)CC1)c1ccc(F)cc1. The maximum absolute atomic E-state index is 13.4. The molecule has 0 fully saturated rings. The van der Waals surface area contributed by atoms with Crippen LogP contribution in [0, 0.1) is 11.7 Å². The summed E-state index contributed by atoms with van der Waals surface area (Å²) in [5, 5.41) is 0. The smallest absolute Gasteiger partial charge is 0.123 e. The fourth-order valence-corrected chi connectivity index (χ4v) is 3.77. The zero-order valence-corrected chi connectivity index (χ0v) is 15.8. The van der Waals surface area contributed by atoms with Gasteiger partial charge in [-0.1, -0.05) is 71.2 Å². The van der Waals surface area contributed by atoms with E-state index in [1.807, 2.05) is 32.1 Å². The van der Waals surface area contributed by atoms with Gasteiger partial charge in [-0.05, 0) is 42.5 Å². The van der Waals surface area contributed by atoms with Gasteiger partial charge in [-0.2, -0.15) is 0 Å². The van der Waals surface area contributed by atoms with Crippen molar-refractivity contribution >= 4 is 0 Å². The van der Waals surface area contributed by atoms with E-state index in [0.29, 0.717) is 12.3 Å². The molecule has 0 nitrogen and oxygen atoms in total. The average molecular weight is 334 g/mol. The molecule has 2 unspecified atom stereocenters. The number of allylic oxidation sites excluding steroid dienone is 4. The summed E-state index contributed by atoms with van der Waals surface area (Å²) in [5.41, 5.74) is 2.24. The number of halogens is 2. The second-order valence-electron chi connectivity index (χ2n) is 6.41. The third-order valence-electron chi connectivity index (χ3n) is 5.16. The van der Waals surface area contributed by atoms with Crippen molar-refractivity contribution in [3.8, 4) is 0 Å². The zero-order valence-electron chi connectivity index (χ0n) is 15.8. The fraction of sp³-hybridized carbons (Fsp3) is 0.545. The molecule has 134 valence electrons. The Kier molecular flexibility index (Phi) is 8.38. The summed E-state index contributed by atoms with van der Waals surface area (Å²) in [5.74, 6) is 0.218. The Hall–Kier alpha value is -1.44. The van der Waals surface area contributed by atoms with E-state index in [2.05, 4.69) is 20.8 Å². The van der Waals surface area contributed by atoms with Crippen LogP contribution in [0.3, 0.4) is 0 Å². The first-order chi connectivity index (χ1) is 11.5. The summed E-state index contributed by atoms with van der Waals surface area (Å²) in [7, 11) is 0. The number of hydrogen-bond acceptors (Lipinski definition) is 0. The van der Waals surface area contributed by atoms with Gasteiger partial charge < -0.3 is 0 Å². The minimum absolute atomic E-state index is 0.0475. The van der Waals surface area contributed by atoms with E-state index in [4.69, 9.17) is 0 Å². The van der Waals surface area contributed by atoms with Crippen molar-refractivity contribution in [1.29, 1.82) is 0 Å². The lowest BCUT2D eigenvalue weighted by Gasteiger charge is -2.41. The number of benzene rings is 1. The normalized spacial score (nSPS) is 17.8. The third kappa shape index (κ3) is 4.55. The Morgan fingerprint density at radius 1 is 1.00 bits per heavy atom. The summed E-state index contributed by atoms with van der Waals surface area (Å²) in [6.07, 6.45) is 8.06. The monoisotopic (exact) mass is 334 g/mol. The molecule has 0 amide bonds. The summed E-state index contributed by atoms with van der Waals surface area (Å²) in [6.45, 7) is 10.7. The third-order valence-corrected chi connectivity index (χ3v) is 5.16. The van der Waals surface area contributed by atoms with Gasteiger partial charge in [-0.3, -0.25) is 0 Å². The maximum Gasteiger partial charge on any atom is 0.123 e. The van der Waals surface area contributed by atoms with Crippen molar-refractivity contribution in [1.82, 2.24) is 0 Å². The number of rotatable bonds is 6. The lowest BCUT2D eigenvalue weighted by Crippen LogP contribution is -2.34. The maximum atomic E-state index is 13.4. The second-order valence-corrected chi connectivity index (χ2v) is 6.41. The molecule has 0 saturated carbocycles. The average Bonchev–Trinajstić information content (AvgIpc) is 2.62. The van der Waals surface area contributed by atoms with E-state index in [9.17, 15) is 8.78 Å². The van der Waals surface area contributed by atoms with Crippen molar-refractivity contribution in [3.05, 3.63) is 59.2 Å². The van der Waals surface area contributed by atoms with Crippen molar-refractivity contribution in [2.75, 3.05) is 0 Å². The molecule has 2 atom stereocenters. The molecular formula is C22H32F2. The molecule has 0 aromatic heterocycles. The highest BCUT2D eigenvalue weighted by molar-refractivity contribution is 5.40. The van der Waals surface area contributed by atoms with Gasteiger partial charge in [-0.15, -0.1) is 0 Å². The van der Waals surface area contributed by atoms with Crippen LogP contribution in [0.15, 0.2) is 47.8 Å². The molecule has 2 heteroatoms. The van der Waals surface area contributed by atoms with Gasteiger partial charge in [0.15, 0.2) is 0 Å². The van der Waals surface area contributed by atoms with Gasteiger partial charge in [0, 0.05) is 11.8 Å². The van der Waals surface area contributed by atoms with Gasteiger partial charge in [0.2, 0.25) is 0 Å². The van der Waals surface area contributed by atoms with Crippen LogP contribution in [0.1, 0.15) is 72.3 Å². The van der Waals surface area contributed by atoms with Crippen LogP contribution in [0.2, 0.25) is 0 Å². The van der Waals surface area contributed by atoms with Crippen molar-refractivity contribution in [2.45, 2.75) is 72.1 Å². The molecule has 1 aliphatic carbocycles. The van der Waals surface area contributed by atoms with Crippen LogP contribution >= 0.6 is 0 Å². The topological polar surface area (TPSA) is 0 Å². The van der Waals surface area contributed by atoms with Gasteiger partial charge in [-0.25, -0.2) is 8.78 Å². The van der Waals surface area contributed by atoms with Crippen molar-refractivity contribution in [2.24, 2.45) is 5.92 Å². The molecule has 0 spiro atoms. The summed E-state index contributed by atoms with van der Waals surface area (Å²) in [6, 6.07) is 6.85. The molecule has 0 radical (unpaired) electrons. The van der Waals surface area contributed by atoms with E-state index in [1.54, 1.807) is 6.08 Å². The molecule has 1 aromatic carbocycles. The molecule has 0 N–H and O–H groups in total. The van der Waals surface area contributed by atoms with E-state index >= 15 is 0 Å². The van der Waals surface area contributed by atoms with E-state index in [0.717, 1.165) is 31.2 Å². The van der Waals surface area contributed by atoms with Crippen LogP contribution in [0.4, 0.5) is 8.78 Å². The molecular weight excluding hydrogens is 302 g/mol. The van der Waals surface area contributed by atoms with E-state index < -0.39 is 0 Å². The highest BCUT2D eigenvalue weighted by atomic mass is 19.1. The molecule has 1 aliphatic rings. The summed E-state index contributed by atoms with van der Waals surface area (Å²) in [4.78, 5) is 0. The molecule has 0 saturated heterocycles. The van der Waals surface area contributed by atoms with Gasteiger partial charge >= 0.3 is 0 Å². The minimum atomic E-state index is -0.210. The van der Waals surface area contributed by atoms with E-state index in [-0.39, 0.29) is 17.1 Å². The largest absolute Gasteiger partial charge is 0.212 e. The molecule has 0 aliphatic heterocycles. The molecule has 24 heavy (non-hydrogen) atoms. The van der Waals surface area contributed by atoms with Crippen molar-refractivity contribution in [3.63, 3.8) is 0 Å². The fourth-order valence-electron chi connectivity index (χ4n) is 3.77. The van der Waals surface area contributed by atoms with Crippen LogP contribution in [-0.2, 0) is 5.41 Å². The van der Waals surface area contributed by atoms with Crippen LogP contribution in [0.5, 0.6) is 0 Å². The Morgan fingerprint density at radius 2 is 1.62 bits per heavy atom. The van der Waals surface area contributed by atoms with Crippen LogP contribution in [0.25, 0.3) is 0 Å². The first kappa shape index (κ1) is 20.6. The Bertz CT molecular complexity index is 554. The van der Waals surface area contributed by atoms with Gasteiger partial charge in [0.1, 0.15) is 11.6 Å². The molecule has 1 aromatic rings. The Labute approximate surface area is 146 Å². The van der Waals surface area contributed by atoms with Gasteiger partial charge in [0.05, 0.1) is 0 Å². The molecule has 0 bridgehead atoms. The highest BCUT2D eigenvalue weighted by Gasteiger charge is 2.38. The highest BCUT2D eigenvalue weighted by Crippen LogP contribution is 2.46. The first-order valence-electron chi connectivity index (χ1n) is 9.34. The van der Waals surface area contributed by atoms with E-state index in [1.165, 1.54) is 17.7 Å². The summed E-state index contributed by atoms with van der Waals surface area (Å²) < 4.78 is 26.7.